The van der Waals surface area contributed by atoms with Crippen molar-refractivity contribution < 1.29 is 0 Å². The molecule has 0 saturated carbocycles. The maximum atomic E-state index is 5.93. The molecule has 0 radical (unpaired) electrons. The van der Waals surface area contributed by atoms with Gasteiger partial charge in [-0.25, -0.2) is 0 Å². The molecule has 1 saturated heterocycles. The highest BCUT2D eigenvalue weighted by Gasteiger charge is 2.27. The van der Waals surface area contributed by atoms with Crippen LogP contribution in [-0.2, 0) is 6.42 Å². The van der Waals surface area contributed by atoms with E-state index in [9.17, 15) is 0 Å². The lowest BCUT2D eigenvalue weighted by Gasteiger charge is -2.22. The minimum absolute atomic E-state index is 0.230. The molecule has 1 heterocycles. The standard InChI is InChI=1S/C15H24N2/c1-11-9-17(10-12(11)2)15-7-5-4-6-14(15)8-13(3)16/h4-7,11-13H,8-10,16H2,1-3H3. The highest BCUT2D eigenvalue weighted by Crippen LogP contribution is 2.30. The third kappa shape index (κ3) is 2.81. The van der Waals surface area contributed by atoms with Crippen LogP contribution in [0.25, 0.3) is 0 Å². The Labute approximate surface area is 105 Å². The third-order valence-electron chi connectivity index (χ3n) is 3.86. The molecule has 1 aliphatic rings. The molecule has 3 atom stereocenters. The second kappa shape index (κ2) is 5.09. The fraction of sp³-hybridized carbons (Fsp3) is 0.600. The van der Waals surface area contributed by atoms with E-state index in [2.05, 4.69) is 49.9 Å². The number of para-hydroxylation sites is 1. The lowest BCUT2D eigenvalue weighted by molar-refractivity contribution is 0.494. The summed E-state index contributed by atoms with van der Waals surface area (Å²) in [6, 6.07) is 8.93. The van der Waals surface area contributed by atoms with Crippen LogP contribution in [0.15, 0.2) is 24.3 Å². The van der Waals surface area contributed by atoms with E-state index in [1.165, 1.54) is 24.3 Å². The molecule has 0 aliphatic carbocycles. The molecule has 1 aliphatic heterocycles. The van der Waals surface area contributed by atoms with Gasteiger partial charge in [-0.15, -0.1) is 0 Å². The molecule has 1 fully saturated rings. The number of hydrogen-bond donors (Lipinski definition) is 1. The minimum Gasteiger partial charge on any atom is -0.371 e. The van der Waals surface area contributed by atoms with Crippen molar-refractivity contribution in [2.24, 2.45) is 17.6 Å². The van der Waals surface area contributed by atoms with Crippen LogP contribution in [-0.4, -0.2) is 19.1 Å². The molecule has 94 valence electrons. The zero-order valence-corrected chi connectivity index (χ0v) is 11.2. The smallest absolute Gasteiger partial charge is 0.0399 e. The summed E-state index contributed by atoms with van der Waals surface area (Å²) in [6.07, 6.45) is 0.968. The van der Waals surface area contributed by atoms with Gasteiger partial charge >= 0.3 is 0 Å². The Kier molecular flexibility index (Phi) is 3.72. The molecule has 2 N–H and O–H groups in total. The highest BCUT2D eigenvalue weighted by atomic mass is 15.2. The molecule has 0 aromatic heterocycles. The van der Waals surface area contributed by atoms with E-state index in [4.69, 9.17) is 5.73 Å². The first-order valence-electron chi connectivity index (χ1n) is 6.66. The van der Waals surface area contributed by atoms with Gasteiger partial charge < -0.3 is 10.6 Å². The van der Waals surface area contributed by atoms with E-state index >= 15 is 0 Å². The van der Waals surface area contributed by atoms with Gasteiger partial charge in [0.2, 0.25) is 0 Å². The molecule has 2 heteroatoms. The number of hydrogen-bond acceptors (Lipinski definition) is 2. The summed E-state index contributed by atoms with van der Waals surface area (Å²) in [5.74, 6) is 1.58. The van der Waals surface area contributed by atoms with Crippen LogP contribution in [0.5, 0.6) is 0 Å². The number of rotatable bonds is 3. The number of nitrogens with two attached hydrogens (primary N) is 1. The van der Waals surface area contributed by atoms with Gasteiger partial charge in [0.05, 0.1) is 0 Å². The van der Waals surface area contributed by atoms with Crippen LogP contribution in [0, 0.1) is 11.8 Å². The Morgan fingerprint density at radius 3 is 2.41 bits per heavy atom. The average molecular weight is 232 g/mol. The highest BCUT2D eigenvalue weighted by molar-refractivity contribution is 5.54. The van der Waals surface area contributed by atoms with Crippen LogP contribution in [0.4, 0.5) is 5.69 Å². The van der Waals surface area contributed by atoms with Gasteiger partial charge in [-0.2, -0.15) is 0 Å². The molecule has 0 spiro atoms. The summed E-state index contributed by atoms with van der Waals surface area (Å²) >= 11 is 0. The van der Waals surface area contributed by atoms with E-state index < -0.39 is 0 Å². The molecular formula is C15H24N2. The van der Waals surface area contributed by atoms with Gasteiger partial charge in [0.25, 0.3) is 0 Å². The van der Waals surface area contributed by atoms with Crippen LogP contribution >= 0.6 is 0 Å². The predicted molar refractivity (Wildman–Crippen MR) is 74.3 cm³/mol. The quantitative estimate of drug-likeness (QED) is 0.868. The summed E-state index contributed by atoms with van der Waals surface area (Å²) in [5.41, 5.74) is 8.71. The number of nitrogens with zero attached hydrogens (tertiary/aromatic N) is 1. The fourth-order valence-electron chi connectivity index (χ4n) is 2.67. The zero-order valence-electron chi connectivity index (χ0n) is 11.2. The maximum absolute atomic E-state index is 5.93. The van der Waals surface area contributed by atoms with Crippen molar-refractivity contribution in [2.75, 3.05) is 18.0 Å². The first-order valence-corrected chi connectivity index (χ1v) is 6.66. The van der Waals surface area contributed by atoms with Crippen LogP contribution in [0.1, 0.15) is 26.3 Å². The van der Waals surface area contributed by atoms with E-state index in [0.717, 1.165) is 18.3 Å². The summed E-state index contributed by atoms with van der Waals surface area (Å²) in [5, 5.41) is 0. The monoisotopic (exact) mass is 232 g/mol. The molecule has 1 aromatic carbocycles. The van der Waals surface area contributed by atoms with E-state index in [0.29, 0.717) is 0 Å². The molecular weight excluding hydrogens is 208 g/mol. The van der Waals surface area contributed by atoms with Gasteiger partial charge in [0.1, 0.15) is 0 Å². The van der Waals surface area contributed by atoms with Crippen molar-refractivity contribution in [3.05, 3.63) is 29.8 Å². The number of benzene rings is 1. The van der Waals surface area contributed by atoms with Gasteiger partial charge in [0, 0.05) is 24.8 Å². The normalized spacial score (nSPS) is 26.2. The molecule has 0 amide bonds. The first kappa shape index (κ1) is 12.4. The van der Waals surface area contributed by atoms with Gasteiger partial charge in [-0.3, -0.25) is 0 Å². The molecule has 0 bridgehead atoms. The second-order valence-electron chi connectivity index (χ2n) is 5.67. The Bertz CT molecular complexity index is 363. The minimum atomic E-state index is 0.230. The molecule has 1 aromatic rings. The third-order valence-corrected chi connectivity index (χ3v) is 3.86. The molecule has 2 nitrogen and oxygen atoms in total. The average Bonchev–Trinajstić information content (AvgIpc) is 2.59. The predicted octanol–water partition coefficient (Wildman–Crippen LogP) is 2.67. The lowest BCUT2D eigenvalue weighted by Crippen LogP contribution is -2.24. The SMILES string of the molecule is CC(N)Cc1ccccc1N1CC(C)C(C)C1. The Morgan fingerprint density at radius 2 is 1.82 bits per heavy atom. The lowest BCUT2D eigenvalue weighted by atomic mass is 10.0. The summed E-state index contributed by atoms with van der Waals surface area (Å²) in [4.78, 5) is 2.52. The topological polar surface area (TPSA) is 29.3 Å². The van der Waals surface area contributed by atoms with Gasteiger partial charge in [-0.1, -0.05) is 32.0 Å². The fourth-order valence-corrected chi connectivity index (χ4v) is 2.67. The van der Waals surface area contributed by atoms with E-state index in [1.54, 1.807) is 0 Å². The van der Waals surface area contributed by atoms with Crippen molar-refractivity contribution in [3.8, 4) is 0 Å². The van der Waals surface area contributed by atoms with Crippen LogP contribution in [0.3, 0.4) is 0 Å². The molecule has 2 rings (SSSR count). The van der Waals surface area contributed by atoms with Crippen molar-refractivity contribution >= 4 is 5.69 Å². The Hall–Kier alpha value is -1.02. The molecule has 3 unspecified atom stereocenters. The first-order chi connectivity index (χ1) is 8.08. The van der Waals surface area contributed by atoms with E-state index in [-0.39, 0.29) is 6.04 Å². The van der Waals surface area contributed by atoms with Gasteiger partial charge in [0.15, 0.2) is 0 Å². The van der Waals surface area contributed by atoms with Crippen molar-refractivity contribution in [3.63, 3.8) is 0 Å². The van der Waals surface area contributed by atoms with Gasteiger partial charge in [-0.05, 0) is 36.8 Å². The second-order valence-corrected chi connectivity index (χ2v) is 5.67. The summed E-state index contributed by atoms with van der Waals surface area (Å²) in [6.45, 7) is 9.12. The largest absolute Gasteiger partial charge is 0.371 e. The molecule has 17 heavy (non-hydrogen) atoms. The van der Waals surface area contributed by atoms with E-state index in [1.807, 2.05) is 0 Å². The maximum Gasteiger partial charge on any atom is 0.0399 e. The van der Waals surface area contributed by atoms with Crippen LogP contribution in [0.2, 0.25) is 0 Å². The van der Waals surface area contributed by atoms with Crippen molar-refractivity contribution in [1.29, 1.82) is 0 Å². The zero-order chi connectivity index (χ0) is 12.4. The van der Waals surface area contributed by atoms with Crippen LogP contribution < -0.4 is 10.6 Å². The number of anilines is 1. The van der Waals surface area contributed by atoms with Crippen molar-refractivity contribution in [2.45, 2.75) is 33.2 Å². The Balaban J connectivity index is 2.20. The van der Waals surface area contributed by atoms with Crippen molar-refractivity contribution in [1.82, 2.24) is 0 Å². The summed E-state index contributed by atoms with van der Waals surface area (Å²) in [7, 11) is 0. The Morgan fingerprint density at radius 1 is 1.24 bits per heavy atom. The summed E-state index contributed by atoms with van der Waals surface area (Å²) < 4.78 is 0.